The molecule has 1 N–H and O–H groups in total. The molecule has 3 aromatic carbocycles. The number of ether oxygens (including phenoxy) is 3. The van der Waals surface area contributed by atoms with Crippen molar-refractivity contribution >= 4 is 40.2 Å². The largest absolute Gasteiger partial charge is 0.462 e. The fraction of sp³-hybridized carbons (Fsp3) is 0.154. The normalized spacial score (nSPS) is 11.9. The fourth-order valence-corrected chi connectivity index (χ4v) is 4.51. The van der Waals surface area contributed by atoms with E-state index in [1.807, 2.05) is 0 Å². The van der Waals surface area contributed by atoms with Gasteiger partial charge in [-0.1, -0.05) is 23.9 Å². The molecule has 10 heteroatoms. The lowest BCUT2D eigenvalue weighted by molar-refractivity contribution is -0.113. The van der Waals surface area contributed by atoms with Gasteiger partial charge in [0.25, 0.3) is 5.56 Å². The monoisotopic (exact) mass is 503 g/mol. The number of aromatic nitrogens is 2. The number of carbonyl (C=O) groups is 2. The fourth-order valence-electron chi connectivity index (χ4n) is 3.69. The topological polar surface area (TPSA) is 109 Å². The molecule has 0 saturated carbocycles. The molecular weight excluding hydrogens is 482 g/mol. The van der Waals surface area contributed by atoms with E-state index in [-0.39, 0.29) is 30.6 Å². The number of thioether (sulfide) groups is 1. The third-order valence-electron chi connectivity index (χ3n) is 5.37. The number of hydrogen-bond donors (Lipinski definition) is 1. The van der Waals surface area contributed by atoms with E-state index in [0.29, 0.717) is 44.5 Å². The first-order chi connectivity index (χ1) is 17.5. The minimum absolute atomic E-state index is 0.00889. The van der Waals surface area contributed by atoms with E-state index in [2.05, 4.69) is 10.3 Å². The predicted octanol–water partition coefficient (Wildman–Crippen LogP) is 4.02. The van der Waals surface area contributed by atoms with Crippen LogP contribution in [0, 0.1) is 0 Å². The molecule has 0 aliphatic carbocycles. The summed E-state index contributed by atoms with van der Waals surface area (Å²) in [6, 6.07) is 18.7. The van der Waals surface area contributed by atoms with Gasteiger partial charge in [-0.15, -0.1) is 0 Å². The van der Waals surface area contributed by atoms with Crippen molar-refractivity contribution in [2.45, 2.75) is 12.1 Å². The van der Waals surface area contributed by atoms with Crippen LogP contribution in [0.25, 0.3) is 16.6 Å². The van der Waals surface area contributed by atoms with Crippen molar-refractivity contribution in [3.8, 4) is 17.2 Å². The van der Waals surface area contributed by atoms with Crippen LogP contribution in [0.2, 0.25) is 0 Å². The van der Waals surface area contributed by atoms with Crippen LogP contribution >= 0.6 is 11.8 Å². The standard InChI is InChI=1S/C26H21N3O6S/c1-2-33-25(32)16-7-9-17(10-8-16)27-23(30)14-36-26-28-20-6-4-3-5-19(20)24(31)29(26)18-11-12-21-22(13-18)35-15-34-21/h3-13H,2,14-15H2,1H3,(H,27,30). The van der Waals surface area contributed by atoms with Crippen LogP contribution in [0.15, 0.2) is 76.7 Å². The summed E-state index contributed by atoms with van der Waals surface area (Å²) in [5.74, 6) is 0.434. The summed E-state index contributed by atoms with van der Waals surface area (Å²) < 4.78 is 17.3. The van der Waals surface area contributed by atoms with Crippen LogP contribution in [-0.4, -0.2) is 40.6 Å². The number of hydrogen-bond acceptors (Lipinski definition) is 8. The highest BCUT2D eigenvalue weighted by Gasteiger charge is 2.19. The average molecular weight is 504 g/mol. The number of carbonyl (C=O) groups excluding carboxylic acids is 2. The minimum atomic E-state index is -0.421. The van der Waals surface area contributed by atoms with E-state index in [1.54, 1.807) is 73.7 Å². The number of amides is 1. The second-order valence-electron chi connectivity index (χ2n) is 7.72. The third kappa shape index (κ3) is 4.76. The molecule has 0 radical (unpaired) electrons. The molecule has 1 amide bonds. The number of rotatable bonds is 7. The molecule has 2 heterocycles. The van der Waals surface area contributed by atoms with Gasteiger partial charge < -0.3 is 19.5 Å². The lowest BCUT2D eigenvalue weighted by Gasteiger charge is -2.14. The smallest absolute Gasteiger partial charge is 0.338 e. The minimum Gasteiger partial charge on any atom is -0.462 e. The molecule has 0 spiro atoms. The van der Waals surface area contributed by atoms with Gasteiger partial charge in [0.1, 0.15) is 0 Å². The number of fused-ring (bicyclic) bond motifs is 2. The Morgan fingerprint density at radius 2 is 1.83 bits per heavy atom. The van der Waals surface area contributed by atoms with Crippen molar-refractivity contribution < 1.29 is 23.8 Å². The van der Waals surface area contributed by atoms with Gasteiger partial charge in [0.05, 0.1) is 34.5 Å². The number of esters is 1. The highest BCUT2D eigenvalue weighted by atomic mass is 32.2. The zero-order valence-corrected chi connectivity index (χ0v) is 20.0. The van der Waals surface area contributed by atoms with Gasteiger partial charge >= 0.3 is 5.97 Å². The summed E-state index contributed by atoms with van der Waals surface area (Å²) in [7, 11) is 0. The lowest BCUT2D eigenvalue weighted by atomic mass is 10.2. The SMILES string of the molecule is CCOC(=O)c1ccc(NC(=O)CSc2nc3ccccc3c(=O)n2-c2ccc3c(c2)OCO3)cc1. The molecule has 9 nitrogen and oxygen atoms in total. The number of para-hydroxylation sites is 1. The molecule has 1 aromatic heterocycles. The molecule has 5 rings (SSSR count). The third-order valence-corrected chi connectivity index (χ3v) is 6.31. The van der Waals surface area contributed by atoms with Crippen molar-refractivity contribution in [3.05, 3.63) is 82.6 Å². The van der Waals surface area contributed by atoms with E-state index in [0.717, 1.165) is 11.8 Å². The molecule has 0 atom stereocenters. The van der Waals surface area contributed by atoms with E-state index >= 15 is 0 Å². The first kappa shape index (κ1) is 23.4. The van der Waals surface area contributed by atoms with E-state index in [4.69, 9.17) is 14.2 Å². The predicted molar refractivity (Wildman–Crippen MR) is 135 cm³/mol. The second-order valence-corrected chi connectivity index (χ2v) is 8.67. The number of anilines is 1. The Morgan fingerprint density at radius 1 is 1.06 bits per heavy atom. The number of nitrogens with zero attached hydrogens (tertiary/aromatic N) is 2. The summed E-state index contributed by atoms with van der Waals surface area (Å²) in [4.78, 5) is 42.6. The van der Waals surface area contributed by atoms with Crippen molar-refractivity contribution in [2.24, 2.45) is 0 Å². The first-order valence-corrected chi connectivity index (χ1v) is 12.1. The highest BCUT2D eigenvalue weighted by molar-refractivity contribution is 7.99. The maximum Gasteiger partial charge on any atom is 0.338 e. The molecule has 1 aliphatic rings. The summed E-state index contributed by atoms with van der Waals surface area (Å²) >= 11 is 1.14. The van der Waals surface area contributed by atoms with Crippen molar-refractivity contribution in [2.75, 3.05) is 24.5 Å². The Morgan fingerprint density at radius 3 is 2.64 bits per heavy atom. The molecular formula is C26H21N3O6S. The van der Waals surface area contributed by atoms with Crippen molar-refractivity contribution in [1.82, 2.24) is 9.55 Å². The van der Waals surface area contributed by atoms with Gasteiger partial charge in [0.2, 0.25) is 12.7 Å². The second kappa shape index (κ2) is 10.1. The van der Waals surface area contributed by atoms with Crippen LogP contribution < -0.4 is 20.3 Å². The number of benzene rings is 3. The van der Waals surface area contributed by atoms with Gasteiger partial charge in [0, 0.05) is 11.8 Å². The summed E-state index contributed by atoms with van der Waals surface area (Å²) in [5.41, 5.74) is 1.78. The van der Waals surface area contributed by atoms with Gasteiger partial charge in [-0.3, -0.25) is 14.2 Å². The molecule has 36 heavy (non-hydrogen) atoms. The van der Waals surface area contributed by atoms with Crippen LogP contribution in [0.3, 0.4) is 0 Å². The lowest BCUT2D eigenvalue weighted by Crippen LogP contribution is -2.23. The average Bonchev–Trinajstić information content (AvgIpc) is 3.36. The maximum atomic E-state index is 13.4. The molecule has 0 unspecified atom stereocenters. The number of nitrogens with one attached hydrogen (secondary N) is 1. The summed E-state index contributed by atoms with van der Waals surface area (Å²) in [6.07, 6.45) is 0. The Bertz CT molecular complexity index is 1520. The van der Waals surface area contributed by atoms with E-state index in [1.165, 1.54) is 4.57 Å². The highest BCUT2D eigenvalue weighted by Crippen LogP contribution is 2.34. The van der Waals surface area contributed by atoms with Crippen LogP contribution in [0.4, 0.5) is 5.69 Å². The molecule has 4 aromatic rings. The first-order valence-electron chi connectivity index (χ1n) is 11.1. The van der Waals surface area contributed by atoms with Crippen LogP contribution in [-0.2, 0) is 9.53 Å². The summed E-state index contributed by atoms with van der Waals surface area (Å²) in [6.45, 7) is 2.14. The Kier molecular flexibility index (Phi) is 6.59. The Labute approximate surface area is 210 Å². The molecule has 0 bridgehead atoms. The molecule has 182 valence electrons. The van der Waals surface area contributed by atoms with Gasteiger partial charge in [-0.05, 0) is 55.5 Å². The Balaban J connectivity index is 1.39. The van der Waals surface area contributed by atoms with Crippen molar-refractivity contribution in [3.63, 3.8) is 0 Å². The van der Waals surface area contributed by atoms with Crippen LogP contribution in [0.1, 0.15) is 17.3 Å². The molecule has 0 saturated heterocycles. The van der Waals surface area contributed by atoms with E-state index < -0.39 is 5.97 Å². The molecule has 0 fully saturated rings. The quantitative estimate of drug-likeness (QED) is 0.229. The van der Waals surface area contributed by atoms with E-state index in [9.17, 15) is 14.4 Å². The Hall–Kier alpha value is -4.31. The van der Waals surface area contributed by atoms with Gasteiger partial charge in [-0.2, -0.15) is 0 Å². The zero-order chi connectivity index (χ0) is 25.1. The summed E-state index contributed by atoms with van der Waals surface area (Å²) in [5, 5.41) is 3.62. The molecule has 1 aliphatic heterocycles. The van der Waals surface area contributed by atoms with Crippen molar-refractivity contribution in [1.29, 1.82) is 0 Å². The van der Waals surface area contributed by atoms with Crippen LogP contribution in [0.5, 0.6) is 11.5 Å². The van der Waals surface area contributed by atoms with Gasteiger partial charge in [-0.25, -0.2) is 9.78 Å². The zero-order valence-electron chi connectivity index (χ0n) is 19.2. The maximum absolute atomic E-state index is 13.4. The van der Waals surface area contributed by atoms with Gasteiger partial charge in [0.15, 0.2) is 16.7 Å².